The third-order valence-electron chi connectivity index (χ3n) is 4.79. The van der Waals surface area contributed by atoms with Crippen molar-refractivity contribution < 1.29 is 38.4 Å². The first-order valence-electron chi connectivity index (χ1n) is 8.76. The summed E-state index contributed by atoms with van der Waals surface area (Å²) >= 11 is 2.02. The standard InChI is InChI=1S/C18H27IO8/c1-9-14(25-11(3)20)17(5,7-8-23-9)27-16-13(19)18(6,22)15(10(2)24-16)26-12(4)21/h7-10,13-16,22H,1-6H3/t9-,10-,13-,14-,15-,16-,17-,18-/m0/s1. The van der Waals surface area contributed by atoms with Crippen molar-refractivity contribution in [2.75, 3.05) is 0 Å². The molecule has 154 valence electrons. The molecule has 9 heteroatoms. The van der Waals surface area contributed by atoms with Crippen molar-refractivity contribution in [3.63, 3.8) is 0 Å². The summed E-state index contributed by atoms with van der Waals surface area (Å²) in [5, 5.41) is 11.0. The summed E-state index contributed by atoms with van der Waals surface area (Å²) in [6.07, 6.45) is -0.232. The molecule has 8 atom stereocenters. The summed E-state index contributed by atoms with van der Waals surface area (Å²) in [6, 6.07) is 0. The number of carbonyl (C=O) groups is 2. The first kappa shape index (κ1) is 22.4. The molecule has 0 aromatic rings. The molecule has 0 aromatic heterocycles. The molecule has 1 N–H and O–H groups in total. The minimum atomic E-state index is -1.39. The maximum absolute atomic E-state index is 11.5. The molecule has 1 fully saturated rings. The molecule has 0 radical (unpaired) electrons. The van der Waals surface area contributed by atoms with Crippen LogP contribution in [0.4, 0.5) is 0 Å². The van der Waals surface area contributed by atoms with E-state index in [1.807, 2.05) is 22.6 Å². The van der Waals surface area contributed by atoms with Crippen LogP contribution in [0.15, 0.2) is 12.3 Å². The van der Waals surface area contributed by atoms with E-state index in [1.165, 1.54) is 20.1 Å². The fourth-order valence-electron chi connectivity index (χ4n) is 3.42. The Balaban J connectivity index is 2.25. The minimum absolute atomic E-state index is 0.424. The second-order valence-electron chi connectivity index (χ2n) is 7.34. The maximum atomic E-state index is 11.5. The van der Waals surface area contributed by atoms with Crippen molar-refractivity contribution in [2.24, 2.45) is 0 Å². The highest BCUT2D eigenvalue weighted by Gasteiger charge is 2.56. The second-order valence-corrected chi connectivity index (χ2v) is 8.68. The third-order valence-corrected chi connectivity index (χ3v) is 6.64. The van der Waals surface area contributed by atoms with E-state index in [9.17, 15) is 14.7 Å². The molecule has 0 aromatic carbocycles. The number of esters is 2. The quantitative estimate of drug-likeness (QED) is 0.356. The number of halogens is 1. The van der Waals surface area contributed by atoms with Crippen LogP contribution in [0.1, 0.15) is 41.5 Å². The minimum Gasteiger partial charge on any atom is -0.495 e. The van der Waals surface area contributed by atoms with Gasteiger partial charge < -0.3 is 28.8 Å². The van der Waals surface area contributed by atoms with Crippen molar-refractivity contribution in [2.45, 2.75) is 87.4 Å². The Morgan fingerprint density at radius 2 is 1.63 bits per heavy atom. The fourth-order valence-corrected chi connectivity index (χ4v) is 4.09. The van der Waals surface area contributed by atoms with Crippen LogP contribution in [0.3, 0.4) is 0 Å². The van der Waals surface area contributed by atoms with E-state index in [-0.39, 0.29) is 0 Å². The average molecular weight is 498 g/mol. The van der Waals surface area contributed by atoms with E-state index in [2.05, 4.69) is 0 Å². The van der Waals surface area contributed by atoms with Crippen molar-refractivity contribution in [1.82, 2.24) is 0 Å². The van der Waals surface area contributed by atoms with Crippen LogP contribution < -0.4 is 0 Å². The van der Waals surface area contributed by atoms with Crippen LogP contribution in [0.5, 0.6) is 0 Å². The van der Waals surface area contributed by atoms with E-state index >= 15 is 0 Å². The SMILES string of the molecule is CC(=O)O[C@H]1[C@H](C)O[C@@H](O[C@@]2(C)C=CO[C@@H](C)[C@@H]2OC(C)=O)[C@H](I)[C@]1(C)O. The lowest BCUT2D eigenvalue weighted by Gasteiger charge is -2.50. The molecule has 2 aliphatic rings. The Bertz CT molecular complexity index is 606. The molecule has 2 heterocycles. The van der Waals surface area contributed by atoms with E-state index in [4.69, 9.17) is 23.7 Å². The van der Waals surface area contributed by atoms with E-state index in [1.54, 1.807) is 33.8 Å². The molecule has 0 bridgehead atoms. The molecule has 2 rings (SSSR count). The van der Waals surface area contributed by atoms with E-state index < -0.39 is 57.8 Å². The zero-order chi connectivity index (χ0) is 20.6. The zero-order valence-corrected chi connectivity index (χ0v) is 18.5. The van der Waals surface area contributed by atoms with Crippen LogP contribution >= 0.6 is 22.6 Å². The molecular formula is C18H27IO8. The number of alkyl halides is 1. The third kappa shape index (κ3) is 4.75. The van der Waals surface area contributed by atoms with E-state index in [0.717, 1.165) is 0 Å². The highest BCUT2D eigenvalue weighted by atomic mass is 127. The monoisotopic (exact) mass is 498 g/mol. The van der Waals surface area contributed by atoms with Gasteiger partial charge in [0.25, 0.3) is 0 Å². The lowest BCUT2D eigenvalue weighted by Crippen LogP contribution is -2.65. The van der Waals surface area contributed by atoms with Crippen LogP contribution in [0.25, 0.3) is 0 Å². The highest BCUT2D eigenvalue weighted by Crippen LogP contribution is 2.40. The number of hydrogen-bond donors (Lipinski definition) is 1. The molecule has 0 amide bonds. The van der Waals surface area contributed by atoms with Gasteiger partial charge in [0.1, 0.15) is 17.3 Å². The summed E-state index contributed by atoms with van der Waals surface area (Å²) < 4.78 is 27.7. The molecule has 8 nitrogen and oxygen atoms in total. The zero-order valence-electron chi connectivity index (χ0n) is 16.3. The van der Waals surface area contributed by atoms with Crippen molar-refractivity contribution in [1.29, 1.82) is 0 Å². The van der Waals surface area contributed by atoms with Gasteiger partial charge in [0.05, 0.1) is 16.3 Å². The normalized spacial score (nSPS) is 44.3. The molecule has 1 saturated heterocycles. The molecule has 0 aliphatic carbocycles. The number of hydrogen-bond acceptors (Lipinski definition) is 8. The smallest absolute Gasteiger partial charge is 0.303 e. The lowest BCUT2D eigenvalue weighted by molar-refractivity contribution is -0.302. The molecule has 27 heavy (non-hydrogen) atoms. The largest absolute Gasteiger partial charge is 0.495 e. The summed E-state index contributed by atoms with van der Waals surface area (Å²) in [5.41, 5.74) is -2.41. The Kier molecular flexibility index (Phi) is 6.81. The lowest BCUT2D eigenvalue weighted by atomic mass is 9.87. The summed E-state index contributed by atoms with van der Waals surface area (Å²) in [7, 11) is 0. The van der Waals surface area contributed by atoms with Gasteiger partial charge in [-0.25, -0.2) is 0 Å². The molecular weight excluding hydrogens is 471 g/mol. The van der Waals surface area contributed by atoms with Gasteiger partial charge in [-0.2, -0.15) is 0 Å². The predicted molar refractivity (Wildman–Crippen MR) is 103 cm³/mol. The fraction of sp³-hybridized carbons (Fsp3) is 0.778. The van der Waals surface area contributed by atoms with Gasteiger partial charge in [0, 0.05) is 13.8 Å². The van der Waals surface area contributed by atoms with Gasteiger partial charge in [0.15, 0.2) is 18.5 Å². The number of carbonyl (C=O) groups excluding carboxylic acids is 2. The predicted octanol–water partition coefficient (Wildman–Crippen LogP) is 1.86. The molecule has 0 unspecified atom stereocenters. The maximum Gasteiger partial charge on any atom is 0.303 e. The van der Waals surface area contributed by atoms with Crippen molar-refractivity contribution in [3.8, 4) is 0 Å². The van der Waals surface area contributed by atoms with E-state index in [0.29, 0.717) is 0 Å². The summed E-state index contributed by atoms with van der Waals surface area (Å²) in [6.45, 7) is 9.43. The first-order valence-corrected chi connectivity index (χ1v) is 10.0. The van der Waals surface area contributed by atoms with Gasteiger partial charge in [-0.05, 0) is 33.8 Å². The summed E-state index contributed by atoms with van der Waals surface area (Å²) in [5.74, 6) is -0.951. The number of ether oxygens (including phenoxy) is 5. The van der Waals surface area contributed by atoms with Crippen LogP contribution in [-0.2, 0) is 33.3 Å². The Morgan fingerprint density at radius 3 is 2.19 bits per heavy atom. The van der Waals surface area contributed by atoms with Crippen LogP contribution in [-0.4, -0.2) is 62.9 Å². The van der Waals surface area contributed by atoms with Gasteiger partial charge in [0.2, 0.25) is 0 Å². The summed E-state index contributed by atoms with van der Waals surface area (Å²) in [4.78, 5) is 22.9. The molecule has 0 spiro atoms. The Morgan fingerprint density at radius 1 is 1.07 bits per heavy atom. The van der Waals surface area contributed by atoms with Gasteiger partial charge in [-0.15, -0.1) is 0 Å². The van der Waals surface area contributed by atoms with Crippen LogP contribution in [0.2, 0.25) is 0 Å². The molecule has 0 saturated carbocycles. The van der Waals surface area contributed by atoms with Crippen LogP contribution in [0, 0.1) is 0 Å². The topological polar surface area (TPSA) is 101 Å². The molecule has 2 aliphatic heterocycles. The van der Waals surface area contributed by atoms with Crippen molar-refractivity contribution in [3.05, 3.63) is 12.3 Å². The number of aliphatic hydroxyl groups is 1. The Labute approximate surface area is 172 Å². The van der Waals surface area contributed by atoms with Gasteiger partial charge >= 0.3 is 11.9 Å². The second kappa shape index (κ2) is 8.22. The van der Waals surface area contributed by atoms with Gasteiger partial charge in [-0.1, -0.05) is 22.6 Å². The number of rotatable bonds is 4. The first-order chi connectivity index (χ1) is 12.4. The Hall–Kier alpha value is -0.910. The van der Waals surface area contributed by atoms with Gasteiger partial charge in [-0.3, -0.25) is 9.59 Å². The highest BCUT2D eigenvalue weighted by molar-refractivity contribution is 14.1. The van der Waals surface area contributed by atoms with Crippen molar-refractivity contribution >= 4 is 34.5 Å². The average Bonchev–Trinajstić information content (AvgIpc) is 2.53.